The zero-order chi connectivity index (χ0) is 20.1. The number of hydrogen-bond donors (Lipinski definition) is 2. The second-order valence-electron chi connectivity index (χ2n) is 6.71. The number of anilines is 2. The Labute approximate surface area is 169 Å². The molecule has 5 nitrogen and oxygen atoms in total. The lowest BCUT2D eigenvalue weighted by Crippen LogP contribution is -2.18. The van der Waals surface area contributed by atoms with Crippen molar-refractivity contribution in [3.63, 3.8) is 0 Å². The fourth-order valence-corrected chi connectivity index (χ4v) is 3.05. The molecular formula is C24H21N3O2. The highest BCUT2D eigenvalue weighted by atomic mass is 16.5. The Morgan fingerprint density at radius 1 is 0.862 bits per heavy atom. The van der Waals surface area contributed by atoms with Gasteiger partial charge in [-0.25, -0.2) is 4.98 Å². The maximum Gasteiger partial charge on any atom is 0.256 e. The van der Waals surface area contributed by atoms with Crippen molar-refractivity contribution < 1.29 is 4.74 Å². The van der Waals surface area contributed by atoms with Crippen LogP contribution in [0.2, 0.25) is 0 Å². The molecule has 0 fully saturated rings. The van der Waals surface area contributed by atoms with Gasteiger partial charge in [0.05, 0.1) is 5.69 Å². The number of H-pyrrole nitrogens is 1. The van der Waals surface area contributed by atoms with Crippen LogP contribution in [0.4, 0.5) is 11.6 Å². The SMILES string of the molecule is Cc1nc(Nc2ccc(Oc3ccccc3)cc2)[nH]c(=O)c1Cc1ccccc1. The van der Waals surface area contributed by atoms with Crippen molar-refractivity contribution in [2.75, 3.05) is 5.32 Å². The van der Waals surface area contributed by atoms with Gasteiger partial charge in [0.25, 0.3) is 5.56 Å². The van der Waals surface area contributed by atoms with Crippen LogP contribution >= 0.6 is 0 Å². The molecule has 0 aliphatic rings. The van der Waals surface area contributed by atoms with Crippen LogP contribution in [-0.2, 0) is 6.42 Å². The van der Waals surface area contributed by atoms with Gasteiger partial charge >= 0.3 is 0 Å². The predicted octanol–water partition coefficient (Wildman–Crippen LogP) is 5.21. The van der Waals surface area contributed by atoms with Crippen molar-refractivity contribution in [1.29, 1.82) is 0 Å². The summed E-state index contributed by atoms with van der Waals surface area (Å²) >= 11 is 0. The number of rotatable bonds is 6. The van der Waals surface area contributed by atoms with E-state index in [-0.39, 0.29) is 5.56 Å². The molecule has 0 bridgehead atoms. The van der Waals surface area contributed by atoms with Crippen LogP contribution in [0.5, 0.6) is 11.5 Å². The highest BCUT2D eigenvalue weighted by Crippen LogP contribution is 2.23. The number of benzene rings is 3. The number of nitrogens with zero attached hydrogens (tertiary/aromatic N) is 1. The van der Waals surface area contributed by atoms with Crippen molar-refractivity contribution in [2.45, 2.75) is 13.3 Å². The summed E-state index contributed by atoms with van der Waals surface area (Å²) < 4.78 is 5.79. The van der Waals surface area contributed by atoms with Crippen molar-refractivity contribution in [3.05, 3.63) is 112 Å². The normalized spacial score (nSPS) is 10.5. The Morgan fingerprint density at radius 2 is 1.48 bits per heavy atom. The highest BCUT2D eigenvalue weighted by Gasteiger charge is 2.09. The largest absolute Gasteiger partial charge is 0.457 e. The molecule has 0 saturated heterocycles. The summed E-state index contributed by atoms with van der Waals surface area (Å²) in [6.45, 7) is 1.86. The van der Waals surface area contributed by atoms with Gasteiger partial charge in [0, 0.05) is 17.7 Å². The molecule has 0 spiro atoms. The van der Waals surface area contributed by atoms with Gasteiger partial charge in [-0.1, -0.05) is 48.5 Å². The average molecular weight is 383 g/mol. The first kappa shape index (κ1) is 18.5. The smallest absolute Gasteiger partial charge is 0.256 e. The van der Waals surface area contributed by atoms with E-state index in [1.807, 2.05) is 91.9 Å². The molecule has 0 saturated carbocycles. The number of aromatic amines is 1. The maximum atomic E-state index is 12.6. The van der Waals surface area contributed by atoms with E-state index in [1.165, 1.54) is 0 Å². The van der Waals surface area contributed by atoms with Crippen LogP contribution in [0.1, 0.15) is 16.8 Å². The molecule has 1 heterocycles. The van der Waals surface area contributed by atoms with Gasteiger partial charge in [0.15, 0.2) is 0 Å². The minimum Gasteiger partial charge on any atom is -0.457 e. The topological polar surface area (TPSA) is 67.0 Å². The lowest BCUT2D eigenvalue weighted by Gasteiger charge is -2.10. The molecule has 4 aromatic rings. The molecule has 0 aliphatic carbocycles. The van der Waals surface area contributed by atoms with E-state index in [0.29, 0.717) is 23.6 Å². The molecule has 0 aliphatic heterocycles. The Balaban J connectivity index is 1.47. The van der Waals surface area contributed by atoms with E-state index in [2.05, 4.69) is 15.3 Å². The minimum absolute atomic E-state index is 0.132. The van der Waals surface area contributed by atoms with Crippen molar-refractivity contribution in [1.82, 2.24) is 9.97 Å². The summed E-state index contributed by atoms with van der Waals surface area (Å²) in [6.07, 6.45) is 0.556. The van der Waals surface area contributed by atoms with Gasteiger partial charge in [-0.3, -0.25) is 9.78 Å². The lowest BCUT2D eigenvalue weighted by molar-refractivity contribution is 0.483. The van der Waals surface area contributed by atoms with Crippen LogP contribution < -0.4 is 15.6 Å². The van der Waals surface area contributed by atoms with Crippen LogP contribution in [-0.4, -0.2) is 9.97 Å². The van der Waals surface area contributed by atoms with Crippen molar-refractivity contribution in [2.24, 2.45) is 0 Å². The molecule has 1 aromatic heterocycles. The molecule has 5 heteroatoms. The quantitative estimate of drug-likeness (QED) is 0.480. The Hall–Kier alpha value is -3.86. The lowest BCUT2D eigenvalue weighted by atomic mass is 10.1. The number of ether oxygens (including phenoxy) is 1. The van der Waals surface area contributed by atoms with Crippen LogP contribution in [0, 0.1) is 6.92 Å². The maximum absolute atomic E-state index is 12.6. The second kappa shape index (κ2) is 8.44. The number of nitrogens with one attached hydrogen (secondary N) is 2. The highest BCUT2D eigenvalue weighted by molar-refractivity contribution is 5.55. The molecule has 0 atom stereocenters. The summed E-state index contributed by atoms with van der Waals surface area (Å²) in [5.41, 5.74) is 3.15. The number of aromatic nitrogens is 2. The monoisotopic (exact) mass is 383 g/mol. The molecule has 0 amide bonds. The number of para-hydroxylation sites is 1. The van der Waals surface area contributed by atoms with Crippen LogP contribution in [0.15, 0.2) is 89.7 Å². The van der Waals surface area contributed by atoms with E-state index in [0.717, 1.165) is 22.7 Å². The summed E-state index contributed by atoms with van der Waals surface area (Å²) in [5.74, 6) is 1.93. The fourth-order valence-electron chi connectivity index (χ4n) is 3.05. The first-order chi connectivity index (χ1) is 14.2. The summed E-state index contributed by atoms with van der Waals surface area (Å²) in [6, 6.07) is 27.0. The van der Waals surface area contributed by atoms with Gasteiger partial charge in [0.2, 0.25) is 5.95 Å². The van der Waals surface area contributed by atoms with E-state index in [1.54, 1.807) is 0 Å². The molecule has 3 aromatic carbocycles. The Bertz CT molecular complexity index is 1140. The first-order valence-corrected chi connectivity index (χ1v) is 9.41. The van der Waals surface area contributed by atoms with Crippen molar-refractivity contribution >= 4 is 11.6 Å². The molecular weight excluding hydrogens is 362 g/mol. The Morgan fingerprint density at radius 3 is 2.14 bits per heavy atom. The number of hydrogen-bond acceptors (Lipinski definition) is 4. The van der Waals surface area contributed by atoms with E-state index < -0.39 is 0 Å². The average Bonchev–Trinajstić information content (AvgIpc) is 2.74. The second-order valence-corrected chi connectivity index (χ2v) is 6.71. The summed E-state index contributed by atoms with van der Waals surface area (Å²) in [7, 11) is 0. The van der Waals surface area contributed by atoms with Gasteiger partial charge in [-0.2, -0.15) is 0 Å². The Kier molecular flexibility index (Phi) is 5.38. The third-order valence-electron chi connectivity index (χ3n) is 4.54. The van der Waals surface area contributed by atoms with Gasteiger partial charge in [-0.05, 0) is 48.9 Å². The third kappa shape index (κ3) is 4.71. The predicted molar refractivity (Wildman–Crippen MR) is 115 cm³/mol. The van der Waals surface area contributed by atoms with Gasteiger partial charge in [0.1, 0.15) is 11.5 Å². The molecule has 29 heavy (non-hydrogen) atoms. The fraction of sp³-hybridized carbons (Fsp3) is 0.0833. The van der Waals surface area contributed by atoms with Crippen LogP contribution in [0.25, 0.3) is 0 Å². The van der Waals surface area contributed by atoms with Crippen LogP contribution in [0.3, 0.4) is 0 Å². The van der Waals surface area contributed by atoms with Gasteiger partial charge < -0.3 is 10.1 Å². The minimum atomic E-state index is -0.132. The molecule has 2 N–H and O–H groups in total. The summed E-state index contributed by atoms with van der Waals surface area (Å²) in [4.78, 5) is 19.9. The van der Waals surface area contributed by atoms with E-state index in [9.17, 15) is 4.79 Å². The van der Waals surface area contributed by atoms with Gasteiger partial charge in [-0.15, -0.1) is 0 Å². The zero-order valence-corrected chi connectivity index (χ0v) is 16.1. The first-order valence-electron chi connectivity index (χ1n) is 9.41. The number of aryl methyl sites for hydroxylation is 1. The zero-order valence-electron chi connectivity index (χ0n) is 16.1. The third-order valence-corrected chi connectivity index (χ3v) is 4.54. The van der Waals surface area contributed by atoms with E-state index >= 15 is 0 Å². The molecule has 0 unspecified atom stereocenters. The van der Waals surface area contributed by atoms with E-state index in [4.69, 9.17) is 4.74 Å². The standard InChI is InChI=1S/C24H21N3O2/c1-17-22(16-18-8-4-2-5-9-18)23(28)27-24(25-17)26-19-12-14-21(15-13-19)29-20-10-6-3-7-11-20/h2-15H,16H2,1H3,(H2,25,26,27,28). The van der Waals surface area contributed by atoms with Crippen molar-refractivity contribution in [3.8, 4) is 11.5 Å². The molecule has 0 radical (unpaired) electrons. The summed E-state index contributed by atoms with van der Waals surface area (Å²) in [5, 5.41) is 3.15. The molecule has 4 rings (SSSR count). The molecule has 144 valence electrons.